The molecule has 3 heteroatoms. The highest BCUT2D eigenvalue weighted by Gasteiger charge is 2.02. The van der Waals surface area contributed by atoms with Gasteiger partial charge in [0.05, 0.1) is 0 Å². The van der Waals surface area contributed by atoms with Crippen molar-refractivity contribution in [2.24, 2.45) is 0 Å². The van der Waals surface area contributed by atoms with Gasteiger partial charge in [0, 0.05) is 10.0 Å². The van der Waals surface area contributed by atoms with Gasteiger partial charge in [-0.1, -0.05) is 34.7 Å². The lowest BCUT2D eigenvalue weighted by molar-refractivity contribution is 0.112. The third-order valence-electron chi connectivity index (χ3n) is 2.01. The molecule has 0 atom stereocenters. The van der Waals surface area contributed by atoms with Crippen LogP contribution in [0.15, 0.2) is 59.3 Å². The number of halogens is 1. The average molecular weight is 293 g/mol. The Morgan fingerprint density at radius 3 is 2.82 bits per heavy atom. The minimum Gasteiger partial charge on any atom is -0.458 e. The van der Waals surface area contributed by atoms with Crippen molar-refractivity contribution in [3.8, 4) is 5.75 Å². The Morgan fingerprint density at radius 1 is 1.47 bits per heavy atom. The smallest absolute Gasteiger partial charge is 0.151 e. The van der Waals surface area contributed by atoms with Gasteiger partial charge < -0.3 is 4.74 Å². The number of benzene rings is 1. The van der Waals surface area contributed by atoms with Crippen LogP contribution in [0.1, 0.15) is 17.3 Å². The molecule has 17 heavy (non-hydrogen) atoms. The molecule has 0 saturated heterocycles. The second kappa shape index (κ2) is 6.86. The van der Waals surface area contributed by atoms with E-state index in [1.165, 1.54) is 0 Å². The number of rotatable bonds is 5. The molecule has 0 radical (unpaired) electrons. The van der Waals surface area contributed by atoms with E-state index in [0.29, 0.717) is 17.1 Å². The molecule has 1 rings (SSSR count). The summed E-state index contributed by atoms with van der Waals surface area (Å²) < 4.78 is 6.36. The standard InChI is InChI=1S/C14H13BrO2/c1-3-5-6-12(4-2)17-13-7-8-14(15)11(9-13)10-16/h3-10H,1H2,2H3/b6-5-,12-4+. The molecule has 0 aliphatic heterocycles. The van der Waals surface area contributed by atoms with Crippen LogP contribution in [0.3, 0.4) is 0 Å². The lowest BCUT2D eigenvalue weighted by atomic mass is 10.2. The molecule has 1 aromatic rings. The summed E-state index contributed by atoms with van der Waals surface area (Å²) in [4.78, 5) is 10.8. The molecule has 0 aliphatic carbocycles. The SMILES string of the molecule is C=C/C=C\C(=C/C)Oc1ccc(Br)c(C=O)c1. The molecule has 1 aromatic carbocycles. The summed E-state index contributed by atoms with van der Waals surface area (Å²) in [6, 6.07) is 5.26. The quantitative estimate of drug-likeness (QED) is 0.460. The van der Waals surface area contributed by atoms with E-state index in [1.54, 1.807) is 36.4 Å². The highest BCUT2D eigenvalue weighted by Crippen LogP contribution is 2.22. The van der Waals surface area contributed by atoms with Crippen molar-refractivity contribution in [1.82, 2.24) is 0 Å². The van der Waals surface area contributed by atoms with Gasteiger partial charge in [0.15, 0.2) is 6.29 Å². The number of carbonyl (C=O) groups excluding carboxylic acids is 1. The number of allylic oxidation sites excluding steroid dienone is 4. The highest BCUT2D eigenvalue weighted by atomic mass is 79.9. The summed E-state index contributed by atoms with van der Waals surface area (Å²) >= 11 is 3.29. The summed E-state index contributed by atoms with van der Waals surface area (Å²) in [5.41, 5.74) is 0.561. The maximum absolute atomic E-state index is 10.8. The van der Waals surface area contributed by atoms with Crippen LogP contribution >= 0.6 is 15.9 Å². The van der Waals surface area contributed by atoms with Gasteiger partial charge in [-0.3, -0.25) is 4.79 Å². The predicted octanol–water partition coefficient (Wildman–Crippen LogP) is 4.29. The fraction of sp³-hybridized carbons (Fsp3) is 0.0714. The van der Waals surface area contributed by atoms with Crippen LogP contribution in [0.25, 0.3) is 0 Å². The molecular weight excluding hydrogens is 280 g/mol. The van der Waals surface area contributed by atoms with Crippen LogP contribution in [0.2, 0.25) is 0 Å². The first-order valence-corrected chi connectivity index (χ1v) is 5.88. The van der Waals surface area contributed by atoms with Gasteiger partial charge in [0.2, 0.25) is 0 Å². The average Bonchev–Trinajstić information content (AvgIpc) is 2.36. The van der Waals surface area contributed by atoms with Crippen molar-refractivity contribution in [2.45, 2.75) is 6.92 Å². The summed E-state index contributed by atoms with van der Waals surface area (Å²) in [5, 5.41) is 0. The molecule has 2 nitrogen and oxygen atoms in total. The predicted molar refractivity (Wildman–Crippen MR) is 73.3 cm³/mol. The van der Waals surface area contributed by atoms with Crippen molar-refractivity contribution in [1.29, 1.82) is 0 Å². The van der Waals surface area contributed by atoms with Crippen LogP contribution in [-0.4, -0.2) is 6.29 Å². The van der Waals surface area contributed by atoms with Crippen molar-refractivity contribution < 1.29 is 9.53 Å². The summed E-state index contributed by atoms with van der Waals surface area (Å²) in [5.74, 6) is 1.32. The van der Waals surface area contributed by atoms with Crippen molar-refractivity contribution in [3.63, 3.8) is 0 Å². The first-order chi connectivity index (χ1) is 8.21. The maximum Gasteiger partial charge on any atom is 0.151 e. The van der Waals surface area contributed by atoms with Gasteiger partial charge in [-0.05, 0) is 37.3 Å². The summed E-state index contributed by atoms with van der Waals surface area (Å²) in [7, 11) is 0. The Labute approximate surface area is 109 Å². The molecule has 0 amide bonds. The van der Waals surface area contributed by atoms with Crippen LogP contribution in [-0.2, 0) is 0 Å². The Kier molecular flexibility index (Phi) is 5.43. The number of carbonyl (C=O) groups is 1. The molecule has 0 fully saturated rings. The molecule has 0 saturated carbocycles. The minimum atomic E-state index is 0.561. The van der Waals surface area contributed by atoms with Crippen molar-refractivity contribution in [3.05, 3.63) is 64.9 Å². The molecule has 0 bridgehead atoms. The maximum atomic E-state index is 10.8. The lowest BCUT2D eigenvalue weighted by Gasteiger charge is -2.07. The van der Waals surface area contributed by atoms with E-state index in [-0.39, 0.29) is 0 Å². The number of ether oxygens (including phenoxy) is 1. The molecule has 0 N–H and O–H groups in total. The molecule has 88 valence electrons. The van der Waals surface area contributed by atoms with Crippen molar-refractivity contribution >= 4 is 22.2 Å². The first-order valence-electron chi connectivity index (χ1n) is 5.09. The van der Waals surface area contributed by atoms with Crippen LogP contribution in [0.5, 0.6) is 5.75 Å². The zero-order valence-electron chi connectivity index (χ0n) is 9.52. The Bertz CT molecular complexity index is 473. The van der Waals surface area contributed by atoms with Gasteiger partial charge in [-0.15, -0.1) is 0 Å². The van der Waals surface area contributed by atoms with E-state index in [2.05, 4.69) is 22.5 Å². The molecule has 0 spiro atoms. The van der Waals surface area contributed by atoms with E-state index in [9.17, 15) is 4.79 Å². The highest BCUT2D eigenvalue weighted by molar-refractivity contribution is 9.10. The zero-order chi connectivity index (χ0) is 12.7. The Balaban J connectivity index is 2.91. The van der Waals surface area contributed by atoms with Crippen LogP contribution in [0.4, 0.5) is 0 Å². The first kappa shape index (κ1) is 13.5. The van der Waals surface area contributed by atoms with Gasteiger partial charge in [-0.25, -0.2) is 0 Å². The molecule has 0 aromatic heterocycles. The molecular formula is C14H13BrO2. The lowest BCUT2D eigenvalue weighted by Crippen LogP contribution is -1.93. The number of hydrogen-bond donors (Lipinski definition) is 0. The normalized spacial score (nSPS) is 11.5. The molecule has 0 unspecified atom stereocenters. The third-order valence-corrected chi connectivity index (χ3v) is 2.73. The summed E-state index contributed by atoms with van der Waals surface area (Å²) in [6.07, 6.45) is 7.88. The Hall–Kier alpha value is -1.61. The van der Waals surface area contributed by atoms with Crippen LogP contribution in [0, 0.1) is 0 Å². The Morgan fingerprint density at radius 2 is 2.24 bits per heavy atom. The second-order valence-corrected chi connectivity index (χ2v) is 4.04. The topological polar surface area (TPSA) is 26.3 Å². The second-order valence-electron chi connectivity index (χ2n) is 3.19. The van der Waals surface area contributed by atoms with E-state index in [4.69, 9.17) is 4.74 Å². The number of hydrogen-bond acceptors (Lipinski definition) is 2. The van der Waals surface area contributed by atoms with Crippen molar-refractivity contribution in [2.75, 3.05) is 0 Å². The third kappa shape index (κ3) is 4.04. The largest absolute Gasteiger partial charge is 0.458 e. The van der Waals surface area contributed by atoms with E-state index >= 15 is 0 Å². The van der Waals surface area contributed by atoms with E-state index in [1.807, 2.05) is 13.0 Å². The van der Waals surface area contributed by atoms with E-state index in [0.717, 1.165) is 10.8 Å². The molecule has 0 aliphatic rings. The van der Waals surface area contributed by atoms with Gasteiger partial charge in [0.25, 0.3) is 0 Å². The van der Waals surface area contributed by atoms with Gasteiger partial charge in [-0.2, -0.15) is 0 Å². The van der Waals surface area contributed by atoms with Gasteiger partial charge in [0.1, 0.15) is 11.5 Å². The van der Waals surface area contributed by atoms with E-state index < -0.39 is 0 Å². The minimum absolute atomic E-state index is 0.561. The molecule has 0 heterocycles. The zero-order valence-corrected chi connectivity index (χ0v) is 11.1. The van der Waals surface area contributed by atoms with Crippen LogP contribution < -0.4 is 4.74 Å². The fourth-order valence-electron chi connectivity index (χ4n) is 1.16. The fourth-order valence-corrected chi connectivity index (χ4v) is 1.50. The summed E-state index contributed by atoms with van der Waals surface area (Å²) in [6.45, 7) is 5.47. The van der Waals surface area contributed by atoms with Gasteiger partial charge >= 0.3 is 0 Å². The monoisotopic (exact) mass is 292 g/mol. The number of aldehydes is 1.